The van der Waals surface area contributed by atoms with Gasteiger partial charge in [0.15, 0.2) is 0 Å². The summed E-state index contributed by atoms with van der Waals surface area (Å²) >= 11 is 0. The van der Waals surface area contributed by atoms with Crippen molar-refractivity contribution < 1.29 is 24.5 Å². The Hall–Kier alpha value is -1.76. The van der Waals surface area contributed by atoms with E-state index in [4.69, 9.17) is 4.42 Å². The van der Waals surface area contributed by atoms with Gasteiger partial charge in [-0.25, -0.2) is 4.79 Å². The highest BCUT2D eigenvalue weighted by molar-refractivity contribution is 5.65. The van der Waals surface area contributed by atoms with E-state index in [-0.39, 0.29) is 24.2 Å². The van der Waals surface area contributed by atoms with Crippen molar-refractivity contribution in [2.75, 3.05) is 0 Å². The summed E-state index contributed by atoms with van der Waals surface area (Å²) < 4.78 is 5.07. The Balaban J connectivity index is 1.58. The molecule has 0 aromatic carbocycles. The minimum Gasteiger partial charge on any atom is -0.431 e. The Bertz CT molecular complexity index is 933. The average Bonchev–Trinajstić information content (AvgIpc) is 2.93. The molecule has 0 unspecified atom stereocenters. The van der Waals surface area contributed by atoms with E-state index in [0.29, 0.717) is 32.1 Å². The quantitative estimate of drug-likeness (QED) is 0.506. The van der Waals surface area contributed by atoms with Crippen molar-refractivity contribution >= 4 is 6.29 Å². The summed E-state index contributed by atoms with van der Waals surface area (Å²) in [6.45, 7) is 2.02. The molecule has 0 aliphatic heterocycles. The second-order valence-corrected chi connectivity index (χ2v) is 10.3. The van der Waals surface area contributed by atoms with Crippen LogP contribution in [0.4, 0.5) is 0 Å². The van der Waals surface area contributed by atoms with Crippen LogP contribution in [0.2, 0.25) is 0 Å². The zero-order valence-corrected chi connectivity index (χ0v) is 17.3. The van der Waals surface area contributed by atoms with E-state index in [1.807, 2.05) is 13.0 Å². The highest BCUT2D eigenvalue weighted by Gasteiger charge is 2.72. The Labute approximate surface area is 175 Å². The van der Waals surface area contributed by atoms with Crippen molar-refractivity contribution in [3.05, 3.63) is 46.5 Å². The fourth-order valence-corrected chi connectivity index (χ4v) is 7.91. The van der Waals surface area contributed by atoms with E-state index in [9.17, 15) is 24.9 Å². The van der Waals surface area contributed by atoms with Crippen LogP contribution in [0.1, 0.15) is 63.4 Å². The van der Waals surface area contributed by atoms with Crippen molar-refractivity contribution in [1.29, 1.82) is 0 Å². The molecule has 3 saturated carbocycles. The van der Waals surface area contributed by atoms with Crippen LogP contribution < -0.4 is 5.63 Å². The predicted octanol–water partition coefficient (Wildman–Crippen LogP) is 2.31. The topological polar surface area (TPSA) is 108 Å². The Morgan fingerprint density at radius 2 is 1.90 bits per heavy atom. The molecule has 0 saturated heterocycles. The third-order valence-corrected chi connectivity index (χ3v) is 9.37. The molecule has 8 atom stereocenters. The lowest BCUT2D eigenvalue weighted by atomic mass is 9.42. The van der Waals surface area contributed by atoms with Gasteiger partial charge in [-0.05, 0) is 62.0 Å². The van der Waals surface area contributed by atoms with Gasteiger partial charge in [0.05, 0.1) is 29.0 Å². The minimum atomic E-state index is -1.16. The first kappa shape index (κ1) is 20.2. The first-order chi connectivity index (χ1) is 14.2. The van der Waals surface area contributed by atoms with Gasteiger partial charge >= 0.3 is 5.63 Å². The van der Waals surface area contributed by atoms with Crippen molar-refractivity contribution in [3.63, 3.8) is 0 Å². The zero-order chi connectivity index (χ0) is 21.4. The molecule has 4 aliphatic rings. The standard InChI is InChI=1S/C24H30O6/c1-21-10-6-16-17(7-11-23(28)9-3-2-8-22(16,23)14-25)24(21,29)12-18(26)20(21)15-4-5-19(27)30-13-15/h3-5,9,13-14,16-18,20,26,28-29H,2,6-8,10-12H2,1H3/t16-,17+,18-,20-,21+,22-,23+,24-/m0/s1. The molecular weight excluding hydrogens is 384 g/mol. The molecule has 3 fully saturated rings. The van der Waals surface area contributed by atoms with Gasteiger partial charge in [0.1, 0.15) is 6.29 Å². The van der Waals surface area contributed by atoms with Gasteiger partial charge in [0.2, 0.25) is 0 Å². The first-order valence-corrected chi connectivity index (χ1v) is 11.1. The molecule has 6 nitrogen and oxygen atoms in total. The van der Waals surface area contributed by atoms with Gasteiger partial charge in [-0.2, -0.15) is 0 Å². The summed E-state index contributed by atoms with van der Waals surface area (Å²) in [5, 5.41) is 34.6. The smallest absolute Gasteiger partial charge is 0.335 e. The molecule has 0 bridgehead atoms. The van der Waals surface area contributed by atoms with Crippen LogP contribution in [0.3, 0.4) is 0 Å². The molecule has 1 aromatic rings. The van der Waals surface area contributed by atoms with Crippen molar-refractivity contribution in [1.82, 2.24) is 0 Å². The predicted molar refractivity (Wildman–Crippen MR) is 109 cm³/mol. The van der Waals surface area contributed by atoms with Crippen LogP contribution in [0.15, 0.2) is 39.8 Å². The molecule has 0 amide bonds. The maximum absolute atomic E-state index is 12.5. The molecular formula is C24H30O6. The van der Waals surface area contributed by atoms with Crippen LogP contribution in [0.5, 0.6) is 0 Å². The third kappa shape index (κ3) is 2.30. The molecule has 30 heavy (non-hydrogen) atoms. The average molecular weight is 414 g/mol. The summed E-state index contributed by atoms with van der Waals surface area (Å²) in [6, 6.07) is 3.03. The third-order valence-electron chi connectivity index (χ3n) is 9.37. The minimum absolute atomic E-state index is 0.128. The van der Waals surface area contributed by atoms with Gasteiger partial charge in [-0.3, -0.25) is 0 Å². The second-order valence-electron chi connectivity index (χ2n) is 10.3. The Kier molecular flexibility index (Phi) is 4.28. The van der Waals surface area contributed by atoms with Crippen molar-refractivity contribution in [2.24, 2.45) is 22.7 Å². The molecule has 6 heteroatoms. The number of hydrogen-bond acceptors (Lipinski definition) is 6. The largest absolute Gasteiger partial charge is 0.431 e. The lowest BCUT2D eigenvalue weighted by Gasteiger charge is -2.63. The van der Waals surface area contributed by atoms with Crippen LogP contribution in [-0.2, 0) is 4.79 Å². The SMILES string of the molecule is C[C@]12CC[C@H]3[C@@H](CC[C@]4(O)C=CCC[C@]34C=O)[C@@]1(O)C[C@H](O)[C@@H]2c1ccc(=O)oc1. The number of aliphatic hydroxyl groups excluding tert-OH is 1. The molecule has 3 N–H and O–H groups in total. The van der Waals surface area contributed by atoms with E-state index < -0.39 is 33.8 Å². The van der Waals surface area contributed by atoms with Crippen molar-refractivity contribution in [2.45, 2.75) is 75.1 Å². The van der Waals surface area contributed by atoms with E-state index in [1.165, 1.54) is 12.3 Å². The Morgan fingerprint density at radius 3 is 2.60 bits per heavy atom. The van der Waals surface area contributed by atoms with E-state index >= 15 is 0 Å². The highest BCUT2D eigenvalue weighted by atomic mass is 16.4. The van der Waals surface area contributed by atoms with Gasteiger partial charge in [-0.15, -0.1) is 0 Å². The summed E-state index contributed by atoms with van der Waals surface area (Å²) in [5.41, 5.74) is -3.54. The molecule has 1 aromatic heterocycles. The molecule has 162 valence electrons. The zero-order valence-electron chi connectivity index (χ0n) is 17.3. The number of rotatable bonds is 2. The first-order valence-electron chi connectivity index (χ1n) is 11.1. The number of aliphatic hydroxyl groups is 3. The number of carbonyl (C=O) groups excluding carboxylic acids is 1. The number of aldehydes is 1. The fraction of sp³-hybridized carbons (Fsp3) is 0.667. The van der Waals surface area contributed by atoms with E-state index in [0.717, 1.165) is 18.3 Å². The lowest BCUT2D eigenvalue weighted by Crippen LogP contribution is -2.67. The Morgan fingerprint density at radius 1 is 1.13 bits per heavy atom. The maximum Gasteiger partial charge on any atom is 0.335 e. The van der Waals surface area contributed by atoms with Crippen LogP contribution in [0, 0.1) is 22.7 Å². The molecule has 5 rings (SSSR count). The van der Waals surface area contributed by atoms with Crippen LogP contribution in [0.25, 0.3) is 0 Å². The fourth-order valence-electron chi connectivity index (χ4n) is 7.91. The van der Waals surface area contributed by atoms with Gasteiger partial charge in [0, 0.05) is 23.8 Å². The number of hydrogen-bond donors (Lipinski definition) is 3. The van der Waals surface area contributed by atoms with Crippen LogP contribution >= 0.6 is 0 Å². The molecule has 1 heterocycles. The van der Waals surface area contributed by atoms with Gasteiger partial charge in [-0.1, -0.05) is 19.1 Å². The van der Waals surface area contributed by atoms with Gasteiger partial charge in [0.25, 0.3) is 0 Å². The summed E-state index contributed by atoms with van der Waals surface area (Å²) in [6.07, 6.45) is 9.27. The van der Waals surface area contributed by atoms with Crippen LogP contribution in [-0.4, -0.2) is 38.9 Å². The lowest BCUT2D eigenvalue weighted by molar-refractivity contribution is -0.222. The summed E-state index contributed by atoms with van der Waals surface area (Å²) in [7, 11) is 0. The van der Waals surface area contributed by atoms with Gasteiger partial charge < -0.3 is 24.5 Å². The summed E-state index contributed by atoms with van der Waals surface area (Å²) in [5.74, 6) is -0.660. The number of allylic oxidation sites excluding steroid dienone is 1. The second kappa shape index (κ2) is 6.38. The summed E-state index contributed by atoms with van der Waals surface area (Å²) in [4.78, 5) is 23.9. The molecule has 0 radical (unpaired) electrons. The monoisotopic (exact) mass is 414 g/mol. The van der Waals surface area contributed by atoms with Crippen molar-refractivity contribution in [3.8, 4) is 0 Å². The number of carbonyl (C=O) groups is 1. The molecule has 4 aliphatic carbocycles. The maximum atomic E-state index is 12.5. The number of fused-ring (bicyclic) bond motifs is 5. The van der Waals surface area contributed by atoms with E-state index in [2.05, 4.69) is 0 Å². The normalized spacial score (nSPS) is 49.7. The highest BCUT2D eigenvalue weighted by Crippen LogP contribution is 2.70. The molecule has 0 spiro atoms. The van der Waals surface area contributed by atoms with E-state index in [1.54, 1.807) is 12.1 Å².